The van der Waals surface area contributed by atoms with E-state index in [-0.39, 0.29) is 5.69 Å². The Kier molecular flexibility index (Phi) is 6.61. The second-order valence-electron chi connectivity index (χ2n) is 7.03. The lowest BCUT2D eigenvalue weighted by Gasteiger charge is -2.09. The molecule has 0 aliphatic rings. The molecule has 3 rings (SSSR count). The lowest BCUT2D eigenvalue weighted by molar-refractivity contribution is -0.384. The summed E-state index contributed by atoms with van der Waals surface area (Å²) in [6.45, 7) is 4.65. The van der Waals surface area contributed by atoms with Gasteiger partial charge in [-0.3, -0.25) is 15.4 Å². The summed E-state index contributed by atoms with van der Waals surface area (Å²) in [6, 6.07) is 8.26. The third-order valence-corrected chi connectivity index (χ3v) is 4.93. The molecule has 29 heavy (non-hydrogen) atoms. The average molecular weight is 414 g/mol. The molecule has 1 aromatic carbocycles. The molecule has 0 saturated heterocycles. The first-order chi connectivity index (χ1) is 13.9. The highest BCUT2D eigenvalue weighted by Crippen LogP contribution is 2.23. The van der Waals surface area contributed by atoms with E-state index >= 15 is 0 Å². The number of thiazole rings is 1. The van der Waals surface area contributed by atoms with Crippen molar-refractivity contribution in [2.24, 2.45) is 5.92 Å². The molecule has 3 aromatic rings. The molecule has 0 spiro atoms. The number of benzene rings is 1. The number of aromatic nitrogens is 2. The fourth-order valence-corrected chi connectivity index (χ4v) is 3.32. The molecule has 8 nitrogen and oxygen atoms in total. The number of carbonyl (C=O) groups is 1. The first-order valence-electron chi connectivity index (χ1n) is 9.21. The normalized spacial score (nSPS) is 10.9. The van der Waals surface area contributed by atoms with E-state index in [4.69, 9.17) is 4.74 Å². The van der Waals surface area contributed by atoms with Crippen LogP contribution < -0.4 is 10.1 Å². The first kappa shape index (κ1) is 20.5. The van der Waals surface area contributed by atoms with Gasteiger partial charge in [0.1, 0.15) is 0 Å². The predicted octanol–water partition coefficient (Wildman–Crippen LogP) is 5.10. The fourth-order valence-electron chi connectivity index (χ4n) is 2.80. The Balaban J connectivity index is 1.80. The smallest absolute Gasteiger partial charge is 0.393 e. The molecule has 0 bridgehead atoms. The summed E-state index contributed by atoms with van der Waals surface area (Å²) in [4.78, 5) is 26.9. The van der Waals surface area contributed by atoms with Gasteiger partial charge in [0.05, 0.1) is 11.5 Å². The van der Waals surface area contributed by atoms with Gasteiger partial charge in [0, 0.05) is 36.0 Å². The number of anilines is 1. The van der Waals surface area contributed by atoms with Gasteiger partial charge in [-0.2, -0.15) is 0 Å². The standard InChI is InChI=1S/C20H22N4O4S/c1-14(2)6-7-16-11-18(28-20(25)22-19-21-8-9-29-19)23(13-16)12-15-4-3-5-17(10-15)24(26)27/h3-5,8-11,13-14H,6-7,12H2,1-2H3,(H,21,22,25). The summed E-state index contributed by atoms with van der Waals surface area (Å²) < 4.78 is 7.29. The maximum atomic E-state index is 12.2. The van der Waals surface area contributed by atoms with Gasteiger partial charge in [-0.05, 0) is 29.9 Å². The summed E-state index contributed by atoms with van der Waals surface area (Å²) in [7, 11) is 0. The van der Waals surface area contributed by atoms with E-state index in [0.29, 0.717) is 23.5 Å². The van der Waals surface area contributed by atoms with Gasteiger partial charge in [0.2, 0.25) is 5.88 Å². The quantitative estimate of drug-likeness (QED) is 0.408. The molecule has 2 aromatic heterocycles. The van der Waals surface area contributed by atoms with E-state index in [1.807, 2.05) is 12.3 Å². The van der Waals surface area contributed by atoms with Crippen molar-refractivity contribution < 1.29 is 14.5 Å². The highest BCUT2D eigenvalue weighted by Gasteiger charge is 2.15. The topological polar surface area (TPSA) is 99.3 Å². The summed E-state index contributed by atoms with van der Waals surface area (Å²) in [5.74, 6) is 0.928. The van der Waals surface area contributed by atoms with Gasteiger partial charge in [-0.15, -0.1) is 11.3 Å². The van der Waals surface area contributed by atoms with Crippen molar-refractivity contribution in [3.63, 3.8) is 0 Å². The lowest BCUT2D eigenvalue weighted by Crippen LogP contribution is -2.18. The minimum Gasteiger partial charge on any atom is -0.393 e. The Labute approximate surface area is 172 Å². The fraction of sp³-hybridized carbons (Fsp3) is 0.300. The van der Waals surface area contributed by atoms with E-state index < -0.39 is 11.0 Å². The van der Waals surface area contributed by atoms with Crippen LogP contribution in [0.3, 0.4) is 0 Å². The molecule has 1 amide bonds. The number of nitro benzene ring substituents is 1. The first-order valence-corrected chi connectivity index (χ1v) is 10.1. The van der Waals surface area contributed by atoms with Crippen LogP contribution in [-0.2, 0) is 13.0 Å². The van der Waals surface area contributed by atoms with Crippen molar-refractivity contribution >= 4 is 28.2 Å². The summed E-state index contributed by atoms with van der Waals surface area (Å²) >= 11 is 1.30. The minimum absolute atomic E-state index is 0.0265. The number of amides is 1. The number of nitro groups is 1. The summed E-state index contributed by atoms with van der Waals surface area (Å²) in [5.41, 5.74) is 1.82. The van der Waals surface area contributed by atoms with Crippen LogP contribution >= 0.6 is 11.3 Å². The minimum atomic E-state index is -0.631. The Morgan fingerprint density at radius 2 is 2.17 bits per heavy atom. The number of nitrogens with one attached hydrogen (secondary N) is 1. The molecule has 9 heteroatoms. The number of non-ortho nitro benzene ring substituents is 1. The summed E-state index contributed by atoms with van der Waals surface area (Å²) in [5, 5.41) is 15.8. The van der Waals surface area contributed by atoms with Crippen molar-refractivity contribution in [1.82, 2.24) is 9.55 Å². The SMILES string of the molecule is CC(C)CCc1cc(OC(=O)Nc2nccs2)n(Cc2cccc([N+](=O)[O-])c2)c1. The third-order valence-electron chi connectivity index (χ3n) is 4.24. The molecule has 0 radical (unpaired) electrons. The van der Waals surface area contributed by atoms with Crippen LogP contribution in [0.25, 0.3) is 0 Å². The zero-order valence-corrected chi connectivity index (χ0v) is 17.0. The van der Waals surface area contributed by atoms with E-state index in [0.717, 1.165) is 24.0 Å². The Hall–Kier alpha value is -3.20. The van der Waals surface area contributed by atoms with E-state index in [1.54, 1.807) is 28.3 Å². The van der Waals surface area contributed by atoms with E-state index in [1.165, 1.54) is 23.5 Å². The second kappa shape index (κ2) is 9.33. The van der Waals surface area contributed by atoms with Crippen LogP contribution in [0.5, 0.6) is 5.88 Å². The largest absolute Gasteiger partial charge is 0.420 e. The van der Waals surface area contributed by atoms with Gasteiger partial charge < -0.3 is 9.30 Å². The zero-order valence-electron chi connectivity index (χ0n) is 16.2. The molecule has 2 heterocycles. The predicted molar refractivity (Wildman–Crippen MR) is 112 cm³/mol. The van der Waals surface area contributed by atoms with E-state index in [9.17, 15) is 14.9 Å². The van der Waals surface area contributed by atoms with Gasteiger partial charge >= 0.3 is 6.09 Å². The van der Waals surface area contributed by atoms with Crippen LogP contribution in [0.2, 0.25) is 0 Å². The van der Waals surface area contributed by atoms with Crippen molar-refractivity contribution in [1.29, 1.82) is 0 Å². The highest BCUT2D eigenvalue weighted by molar-refractivity contribution is 7.13. The number of nitrogens with zero attached hydrogens (tertiary/aromatic N) is 3. The van der Waals surface area contributed by atoms with Crippen LogP contribution in [0.15, 0.2) is 48.1 Å². The molecule has 152 valence electrons. The summed E-state index contributed by atoms with van der Waals surface area (Å²) in [6.07, 6.45) is 4.74. The third kappa shape index (κ3) is 5.89. The van der Waals surface area contributed by atoms with Crippen LogP contribution in [0.1, 0.15) is 31.4 Å². The zero-order chi connectivity index (χ0) is 20.8. The number of rotatable bonds is 8. The maximum Gasteiger partial charge on any atom is 0.420 e. The molecular weight excluding hydrogens is 392 g/mol. The Bertz CT molecular complexity index is 982. The van der Waals surface area contributed by atoms with Crippen molar-refractivity contribution in [3.8, 4) is 5.88 Å². The van der Waals surface area contributed by atoms with Crippen LogP contribution in [0.4, 0.5) is 15.6 Å². The molecule has 1 N–H and O–H groups in total. The number of ether oxygens (including phenoxy) is 1. The molecule has 0 saturated carbocycles. The lowest BCUT2D eigenvalue weighted by atomic mass is 10.1. The monoisotopic (exact) mass is 414 g/mol. The van der Waals surface area contributed by atoms with E-state index in [2.05, 4.69) is 24.1 Å². The number of hydrogen-bond acceptors (Lipinski definition) is 6. The molecule has 0 aliphatic carbocycles. The highest BCUT2D eigenvalue weighted by atomic mass is 32.1. The number of aryl methyl sites for hydroxylation is 1. The van der Waals surface area contributed by atoms with Gasteiger partial charge in [0.15, 0.2) is 5.13 Å². The molecule has 0 aliphatic heterocycles. The second-order valence-corrected chi connectivity index (χ2v) is 7.92. The van der Waals surface area contributed by atoms with Crippen molar-refractivity contribution in [2.75, 3.05) is 5.32 Å². The average Bonchev–Trinajstić information content (AvgIpc) is 3.30. The Morgan fingerprint density at radius 3 is 2.86 bits per heavy atom. The van der Waals surface area contributed by atoms with Gasteiger partial charge in [-0.25, -0.2) is 9.78 Å². The van der Waals surface area contributed by atoms with Crippen molar-refractivity contribution in [3.05, 3.63) is 69.3 Å². The van der Waals surface area contributed by atoms with Crippen LogP contribution in [-0.4, -0.2) is 20.6 Å². The maximum absolute atomic E-state index is 12.2. The van der Waals surface area contributed by atoms with Gasteiger partial charge in [-0.1, -0.05) is 26.0 Å². The molecular formula is C20H22N4O4S. The molecule has 0 atom stereocenters. The van der Waals surface area contributed by atoms with Gasteiger partial charge in [0.25, 0.3) is 5.69 Å². The van der Waals surface area contributed by atoms with Crippen LogP contribution in [0, 0.1) is 16.0 Å². The molecule has 0 fully saturated rings. The number of hydrogen-bond donors (Lipinski definition) is 1. The number of carbonyl (C=O) groups excluding carboxylic acids is 1. The Morgan fingerprint density at radius 1 is 1.34 bits per heavy atom. The van der Waals surface area contributed by atoms with Crippen molar-refractivity contribution in [2.45, 2.75) is 33.2 Å². The molecule has 0 unspecified atom stereocenters.